The van der Waals surface area contributed by atoms with Crippen LogP contribution in [-0.2, 0) is 9.47 Å². The van der Waals surface area contributed by atoms with Gasteiger partial charge in [-0.3, -0.25) is 4.79 Å². The average Bonchev–Trinajstić information content (AvgIpc) is 2.87. The van der Waals surface area contributed by atoms with Crippen molar-refractivity contribution in [2.24, 2.45) is 0 Å². The number of amides is 1. The first kappa shape index (κ1) is 26.8. The van der Waals surface area contributed by atoms with E-state index >= 15 is 0 Å². The maximum Gasteiger partial charge on any atom is 0.339 e. The molecule has 0 aromatic carbocycles. The molecule has 0 atom stereocenters. The fraction of sp³-hybridized carbons (Fsp3) is 0.593. The van der Waals surface area contributed by atoms with Crippen molar-refractivity contribution in [2.75, 3.05) is 62.8 Å². The number of aromatic nitrogens is 3. The van der Waals surface area contributed by atoms with E-state index in [1.807, 2.05) is 24.8 Å². The number of piperazine rings is 1. The average molecular weight is 511 g/mol. The number of esters is 1. The van der Waals surface area contributed by atoms with Crippen molar-refractivity contribution in [3.05, 3.63) is 40.5 Å². The fourth-order valence-corrected chi connectivity index (χ4v) is 5.16. The van der Waals surface area contributed by atoms with Gasteiger partial charge in [-0.05, 0) is 45.2 Å². The maximum atomic E-state index is 13.7. The monoisotopic (exact) mass is 510 g/mol. The summed E-state index contributed by atoms with van der Waals surface area (Å²) >= 11 is 0. The molecule has 2 aromatic heterocycles. The third-order valence-corrected chi connectivity index (χ3v) is 7.10. The molecule has 200 valence electrons. The molecule has 2 aliphatic heterocycles. The smallest absolute Gasteiger partial charge is 0.339 e. The molecular weight excluding hydrogens is 472 g/mol. The van der Waals surface area contributed by atoms with Crippen LogP contribution in [0.5, 0.6) is 0 Å². The standard InChI is InChI=1S/C27H38N6O4/c1-17(2)23-24(31-10-12-37-13-11-31)28-15-20(30-23)25(34)33-9-8-32(16-27(33,5)6)21-14-18(3)22(19(4)29-21)26(35)36-7/h14-15,17H,8-13,16H2,1-7H3. The molecule has 0 radical (unpaired) electrons. The van der Waals surface area contributed by atoms with E-state index in [-0.39, 0.29) is 17.8 Å². The Morgan fingerprint density at radius 1 is 1.05 bits per heavy atom. The molecule has 2 saturated heterocycles. The van der Waals surface area contributed by atoms with E-state index in [0.717, 1.165) is 36.0 Å². The van der Waals surface area contributed by atoms with Gasteiger partial charge in [0, 0.05) is 32.7 Å². The number of carbonyl (C=O) groups is 2. The van der Waals surface area contributed by atoms with Crippen LogP contribution in [-0.4, -0.2) is 90.3 Å². The molecular formula is C27H38N6O4. The van der Waals surface area contributed by atoms with E-state index in [1.165, 1.54) is 7.11 Å². The first-order chi connectivity index (χ1) is 17.5. The molecule has 0 spiro atoms. The first-order valence-electron chi connectivity index (χ1n) is 12.9. The minimum atomic E-state index is -0.470. The molecule has 0 aliphatic carbocycles. The van der Waals surface area contributed by atoms with E-state index in [2.05, 4.69) is 37.5 Å². The van der Waals surface area contributed by atoms with Crippen molar-refractivity contribution in [1.29, 1.82) is 0 Å². The number of hydrogen-bond donors (Lipinski definition) is 0. The van der Waals surface area contributed by atoms with Crippen LogP contribution < -0.4 is 9.80 Å². The molecule has 2 fully saturated rings. The van der Waals surface area contributed by atoms with Crippen LogP contribution in [0.2, 0.25) is 0 Å². The van der Waals surface area contributed by atoms with Gasteiger partial charge >= 0.3 is 5.97 Å². The van der Waals surface area contributed by atoms with Gasteiger partial charge in [-0.1, -0.05) is 13.8 Å². The summed E-state index contributed by atoms with van der Waals surface area (Å²) in [6.07, 6.45) is 1.61. The van der Waals surface area contributed by atoms with Crippen molar-refractivity contribution < 1.29 is 19.1 Å². The van der Waals surface area contributed by atoms with Crippen molar-refractivity contribution in [1.82, 2.24) is 19.9 Å². The molecule has 4 rings (SSSR count). The highest BCUT2D eigenvalue weighted by Crippen LogP contribution is 2.29. The van der Waals surface area contributed by atoms with Crippen LogP contribution >= 0.6 is 0 Å². The highest BCUT2D eigenvalue weighted by molar-refractivity contribution is 5.93. The van der Waals surface area contributed by atoms with Crippen LogP contribution in [0, 0.1) is 13.8 Å². The second-order valence-corrected chi connectivity index (χ2v) is 10.7. The summed E-state index contributed by atoms with van der Waals surface area (Å²) in [7, 11) is 1.37. The van der Waals surface area contributed by atoms with E-state index in [0.29, 0.717) is 49.8 Å². The van der Waals surface area contributed by atoms with Gasteiger partial charge in [0.25, 0.3) is 5.91 Å². The third-order valence-electron chi connectivity index (χ3n) is 7.10. The van der Waals surface area contributed by atoms with Crippen LogP contribution in [0.1, 0.15) is 71.4 Å². The summed E-state index contributed by atoms with van der Waals surface area (Å²) in [6, 6.07) is 1.91. The predicted octanol–water partition coefficient (Wildman–Crippen LogP) is 2.98. The SMILES string of the molecule is COC(=O)c1c(C)cc(N2CCN(C(=O)c3cnc(N4CCOCC4)c(C(C)C)n3)C(C)(C)C2)nc1C. The van der Waals surface area contributed by atoms with Crippen molar-refractivity contribution >= 4 is 23.5 Å². The number of ether oxygens (including phenoxy) is 2. The van der Waals surface area contributed by atoms with Gasteiger partial charge in [0.05, 0.1) is 49.0 Å². The number of aryl methyl sites for hydroxylation is 2. The molecule has 0 N–H and O–H groups in total. The van der Waals surface area contributed by atoms with Crippen LogP contribution in [0.4, 0.5) is 11.6 Å². The highest BCUT2D eigenvalue weighted by Gasteiger charge is 2.39. The van der Waals surface area contributed by atoms with Gasteiger partial charge in [0.2, 0.25) is 0 Å². The second kappa shape index (κ2) is 10.6. The van der Waals surface area contributed by atoms with Crippen LogP contribution in [0.25, 0.3) is 0 Å². The van der Waals surface area contributed by atoms with Crippen molar-refractivity contribution in [3.8, 4) is 0 Å². The Balaban J connectivity index is 1.55. The Hall–Kier alpha value is -3.27. The van der Waals surface area contributed by atoms with E-state index in [1.54, 1.807) is 6.20 Å². The first-order valence-corrected chi connectivity index (χ1v) is 12.9. The Morgan fingerprint density at radius 3 is 2.35 bits per heavy atom. The number of morpholine rings is 1. The lowest BCUT2D eigenvalue weighted by molar-refractivity contribution is 0.0505. The minimum absolute atomic E-state index is 0.117. The quantitative estimate of drug-likeness (QED) is 0.562. The normalized spacial score (nSPS) is 17.8. The third kappa shape index (κ3) is 5.39. The molecule has 0 unspecified atom stereocenters. The van der Waals surface area contributed by atoms with Gasteiger partial charge in [0.1, 0.15) is 11.5 Å². The molecule has 10 nitrogen and oxygen atoms in total. The van der Waals surface area contributed by atoms with Crippen molar-refractivity contribution in [3.63, 3.8) is 0 Å². The summed E-state index contributed by atoms with van der Waals surface area (Å²) in [4.78, 5) is 46.3. The number of pyridine rings is 1. The van der Waals surface area contributed by atoms with Crippen molar-refractivity contribution in [2.45, 2.75) is 53.0 Å². The van der Waals surface area contributed by atoms with Gasteiger partial charge in [-0.25, -0.2) is 19.7 Å². The van der Waals surface area contributed by atoms with Gasteiger partial charge < -0.3 is 24.2 Å². The second-order valence-electron chi connectivity index (χ2n) is 10.7. The van der Waals surface area contributed by atoms with Crippen LogP contribution in [0.3, 0.4) is 0 Å². The largest absolute Gasteiger partial charge is 0.465 e. The van der Waals surface area contributed by atoms with Crippen LogP contribution in [0.15, 0.2) is 12.3 Å². The number of methoxy groups -OCH3 is 1. The number of nitrogens with zero attached hydrogens (tertiary/aromatic N) is 6. The van der Waals surface area contributed by atoms with Gasteiger partial charge in [-0.2, -0.15) is 0 Å². The number of hydrogen-bond acceptors (Lipinski definition) is 9. The summed E-state index contributed by atoms with van der Waals surface area (Å²) in [5, 5.41) is 0. The summed E-state index contributed by atoms with van der Waals surface area (Å²) in [6.45, 7) is 16.6. The maximum absolute atomic E-state index is 13.7. The lowest BCUT2D eigenvalue weighted by Gasteiger charge is -2.47. The zero-order valence-electron chi connectivity index (χ0n) is 23.0. The predicted molar refractivity (Wildman–Crippen MR) is 142 cm³/mol. The molecule has 0 saturated carbocycles. The molecule has 37 heavy (non-hydrogen) atoms. The van der Waals surface area contributed by atoms with E-state index in [9.17, 15) is 9.59 Å². The van der Waals surface area contributed by atoms with Gasteiger partial charge in [0.15, 0.2) is 5.82 Å². The van der Waals surface area contributed by atoms with E-state index < -0.39 is 5.54 Å². The number of carbonyl (C=O) groups excluding carboxylic acids is 2. The Morgan fingerprint density at radius 2 is 1.76 bits per heavy atom. The Labute approximate surface area is 219 Å². The molecule has 0 bridgehead atoms. The lowest BCUT2D eigenvalue weighted by Crippen LogP contribution is -2.61. The summed E-state index contributed by atoms with van der Waals surface area (Å²) in [5.41, 5.74) is 2.69. The summed E-state index contributed by atoms with van der Waals surface area (Å²) in [5.74, 6) is 1.26. The fourth-order valence-electron chi connectivity index (χ4n) is 5.16. The van der Waals surface area contributed by atoms with Gasteiger partial charge in [-0.15, -0.1) is 0 Å². The van der Waals surface area contributed by atoms with E-state index in [4.69, 9.17) is 24.4 Å². The topological polar surface area (TPSA) is 101 Å². The Kier molecular flexibility index (Phi) is 7.68. The summed E-state index contributed by atoms with van der Waals surface area (Å²) < 4.78 is 10.4. The lowest BCUT2D eigenvalue weighted by atomic mass is 9.97. The molecule has 1 amide bonds. The number of anilines is 2. The molecule has 10 heteroatoms. The minimum Gasteiger partial charge on any atom is -0.465 e. The Bertz CT molecular complexity index is 1150. The molecule has 4 heterocycles. The zero-order valence-corrected chi connectivity index (χ0v) is 23.0. The number of rotatable bonds is 5. The molecule has 2 aliphatic rings. The zero-order chi connectivity index (χ0) is 26.9. The molecule has 2 aromatic rings. The highest BCUT2D eigenvalue weighted by atomic mass is 16.5.